The van der Waals surface area contributed by atoms with Gasteiger partial charge in [0.05, 0.1) is 46.3 Å². The van der Waals surface area contributed by atoms with Crippen LogP contribution in [0.4, 0.5) is 5.82 Å². The lowest BCUT2D eigenvalue weighted by Gasteiger charge is -2.38. The second-order valence-electron chi connectivity index (χ2n) is 15.4. The number of imidazole rings is 1. The summed E-state index contributed by atoms with van der Waals surface area (Å²) in [6.45, 7) is 8.15. The van der Waals surface area contributed by atoms with E-state index in [-0.39, 0.29) is 43.4 Å². The minimum Gasteiger partial charge on any atom is -0.497 e. The predicted molar refractivity (Wildman–Crippen MR) is 238 cm³/mol. The Morgan fingerprint density at radius 3 is 2.03 bits per heavy atom. The van der Waals surface area contributed by atoms with Gasteiger partial charge in [-0.1, -0.05) is 72.8 Å². The fourth-order valence-corrected chi connectivity index (χ4v) is 9.51. The number of aromatic nitrogens is 4. The van der Waals surface area contributed by atoms with Crippen molar-refractivity contribution in [3.05, 3.63) is 144 Å². The predicted octanol–water partition coefficient (Wildman–Crippen LogP) is 8.02. The van der Waals surface area contributed by atoms with Crippen molar-refractivity contribution in [2.24, 2.45) is 0 Å². The molecule has 16 heteroatoms. The van der Waals surface area contributed by atoms with E-state index in [9.17, 15) is 15.2 Å². The highest BCUT2D eigenvalue weighted by molar-refractivity contribution is 7.44. The van der Waals surface area contributed by atoms with Gasteiger partial charge in [-0.25, -0.2) is 19.6 Å². The van der Waals surface area contributed by atoms with Crippen molar-refractivity contribution < 1.29 is 37.9 Å². The van der Waals surface area contributed by atoms with Crippen LogP contribution in [0, 0.1) is 11.3 Å². The van der Waals surface area contributed by atoms with Gasteiger partial charge in [-0.15, -0.1) is 0 Å². The van der Waals surface area contributed by atoms with Crippen molar-refractivity contribution in [3.63, 3.8) is 0 Å². The number of nitriles is 1. The van der Waals surface area contributed by atoms with Crippen molar-refractivity contribution in [2.45, 2.75) is 76.3 Å². The Labute approximate surface area is 368 Å². The zero-order chi connectivity index (χ0) is 44.5. The van der Waals surface area contributed by atoms with E-state index in [1.54, 1.807) is 43.1 Å². The number of hydrogen-bond donors (Lipinski definition) is 2. The van der Waals surface area contributed by atoms with E-state index in [0.29, 0.717) is 28.2 Å². The molecule has 5 atom stereocenters. The van der Waals surface area contributed by atoms with Gasteiger partial charge in [0, 0.05) is 17.6 Å². The van der Waals surface area contributed by atoms with Crippen LogP contribution in [0.1, 0.15) is 67.4 Å². The number of nitrogens with zero attached hydrogens (tertiary/aromatic N) is 6. The first-order valence-corrected chi connectivity index (χ1v) is 21.8. The molecule has 0 spiro atoms. The minimum absolute atomic E-state index is 0.0201. The Hall–Kier alpha value is -5.82. The number of methoxy groups -OCH3 is 2. The summed E-state index contributed by atoms with van der Waals surface area (Å²) in [7, 11) is 1.38. The number of amides is 1. The van der Waals surface area contributed by atoms with E-state index in [1.165, 1.54) is 12.7 Å². The van der Waals surface area contributed by atoms with Gasteiger partial charge in [0.2, 0.25) is 0 Å². The van der Waals surface area contributed by atoms with E-state index in [0.717, 1.165) is 16.7 Å². The Balaban J connectivity index is 1.30. The quantitative estimate of drug-likeness (QED) is 0.0455. The highest BCUT2D eigenvalue weighted by Gasteiger charge is 2.50. The van der Waals surface area contributed by atoms with Crippen LogP contribution in [0.15, 0.2) is 122 Å². The first kappa shape index (κ1) is 45.2. The lowest BCUT2D eigenvalue weighted by molar-refractivity contribution is -0.0940. The molecule has 7 rings (SSSR count). The smallest absolute Gasteiger partial charge is 0.259 e. The third kappa shape index (κ3) is 9.73. The minimum atomic E-state index is -1.86. The standard InChI is InChI=1S/C47H52N7O8P/c1-31(2)54(32(3)4)63(60-27-13-26-48)62-42-41(55)39(61-46(42)53-30-51-40-43(49-29-50-44(40)53)52-45(56)33-14-9-7-10-15-33)28-59-47(34-16-11-8-12-17-34,35-18-22-37(57-5)23-19-35)36-20-24-38(58-6)25-21-36/h7-12,14-25,29-32,39,41-42,46,55H,13,27-28H2,1-6H3,(H,49,50,52,56)/t39-,41-,42-,46-,63?/m1/s1. The maximum Gasteiger partial charge on any atom is 0.259 e. The van der Waals surface area contributed by atoms with Crippen LogP contribution in [0.5, 0.6) is 11.5 Å². The average molecular weight is 874 g/mol. The van der Waals surface area contributed by atoms with E-state index >= 15 is 0 Å². The lowest BCUT2D eigenvalue weighted by Crippen LogP contribution is -2.41. The molecule has 1 amide bonds. The number of carbonyl (C=O) groups excluding carboxylic acids is 1. The van der Waals surface area contributed by atoms with Gasteiger partial charge in [-0.05, 0) is 80.8 Å². The lowest BCUT2D eigenvalue weighted by atomic mass is 9.80. The maximum atomic E-state index is 13.2. The summed E-state index contributed by atoms with van der Waals surface area (Å²) < 4.78 is 42.1. The number of aliphatic hydroxyl groups excluding tert-OH is 1. The Kier molecular flexibility index (Phi) is 14.8. The molecule has 0 bridgehead atoms. The van der Waals surface area contributed by atoms with Gasteiger partial charge < -0.3 is 38.4 Å². The summed E-state index contributed by atoms with van der Waals surface area (Å²) >= 11 is 0. The van der Waals surface area contributed by atoms with Crippen LogP contribution in [0.3, 0.4) is 0 Å². The number of anilines is 1. The fraction of sp³-hybridized carbons (Fsp3) is 0.340. The normalized spacial score (nSPS) is 18.2. The van der Waals surface area contributed by atoms with E-state index in [2.05, 4.69) is 31.0 Å². The van der Waals surface area contributed by atoms with Crippen LogP contribution in [-0.4, -0.2) is 93.0 Å². The molecule has 4 aromatic carbocycles. The van der Waals surface area contributed by atoms with Crippen LogP contribution in [0.2, 0.25) is 0 Å². The molecule has 3 heterocycles. The zero-order valence-corrected chi connectivity index (χ0v) is 37.0. The van der Waals surface area contributed by atoms with Gasteiger partial charge >= 0.3 is 0 Å². The molecule has 15 nitrogen and oxygen atoms in total. The first-order valence-electron chi connectivity index (χ1n) is 20.7. The van der Waals surface area contributed by atoms with Crippen LogP contribution < -0.4 is 14.8 Å². The monoisotopic (exact) mass is 873 g/mol. The summed E-state index contributed by atoms with van der Waals surface area (Å²) in [6.07, 6.45) is -1.33. The summed E-state index contributed by atoms with van der Waals surface area (Å²) in [5.74, 6) is 1.19. The molecule has 1 fully saturated rings. The van der Waals surface area contributed by atoms with Crippen molar-refractivity contribution in [1.29, 1.82) is 5.26 Å². The van der Waals surface area contributed by atoms with Gasteiger partial charge in [-0.3, -0.25) is 9.36 Å². The summed E-state index contributed by atoms with van der Waals surface area (Å²) in [5, 5.41) is 24.8. The zero-order valence-electron chi connectivity index (χ0n) is 36.1. The molecule has 1 unspecified atom stereocenters. The highest BCUT2D eigenvalue weighted by atomic mass is 31.2. The molecule has 328 valence electrons. The Bertz CT molecular complexity index is 2400. The molecule has 0 aliphatic carbocycles. The van der Waals surface area contributed by atoms with E-state index in [4.69, 9.17) is 28.0 Å². The van der Waals surface area contributed by atoms with Crippen molar-refractivity contribution in [2.75, 3.05) is 32.8 Å². The van der Waals surface area contributed by atoms with Gasteiger partial charge in [0.25, 0.3) is 14.4 Å². The molecule has 63 heavy (non-hydrogen) atoms. The molecule has 2 N–H and O–H groups in total. The number of nitrogens with one attached hydrogen (secondary N) is 1. The number of aliphatic hydroxyl groups is 1. The SMILES string of the molecule is COc1ccc(C(OC[C@H]2O[C@@H](n3cnc4c(NC(=O)c5ccccc5)ncnc43)[C@H](OP(OCCC#N)N(C(C)C)C(C)C)[C@@H]2O)(c2ccccc2)c2ccc(OC)cc2)cc1. The molecule has 1 saturated heterocycles. The summed E-state index contributed by atoms with van der Waals surface area (Å²) in [5.41, 5.74) is 2.31. The Morgan fingerprint density at radius 1 is 0.873 bits per heavy atom. The van der Waals surface area contributed by atoms with Crippen molar-refractivity contribution >= 4 is 31.4 Å². The number of carbonyl (C=O) groups is 1. The van der Waals surface area contributed by atoms with Crippen LogP contribution >= 0.6 is 8.53 Å². The van der Waals surface area contributed by atoms with Crippen LogP contribution in [-0.2, 0) is 24.1 Å². The number of hydrogen-bond acceptors (Lipinski definition) is 13. The van der Waals surface area contributed by atoms with Crippen molar-refractivity contribution in [1.82, 2.24) is 24.2 Å². The summed E-state index contributed by atoms with van der Waals surface area (Å²) in [6, 6.07) is 36.1. The molecular weight excluding hydrogens is 822 g/mol. The first-order chi connectivity index (χ1) is 30.6. The second-order valence-corrected chi connectivity index (χ2v) is 16.8. The average Bonchev–Trinajstić information content (AvgIpc) is 3.87. The van der Waals surface area contributed by atoms with Crippen LogP contribution in [0.25, 0.3) is 11.2 Å². The summed E-state index contributed by atoms with van der Waals surface area (Å²) in [4.78, 5) is 26.8. The van der Waals surface area contributed by atoms with Crippen molar-refractivity contribution in [3.8, 4) is 17.6 Å². The molecule has 1 aliphatic heterocycles. The fourth-order valence-electron chi connectivity index (χ4n) is 7.77. The number of ether oxygens (including phenoxy) is 4. The third-order valence-electron chi connectivity index (χ3n) is 10.7. The number of rotatable bonds is 19. The largest absolute Gasteiger partial charge is 0.497 e. The van der Waals surface area contributed by atoms with Gasteiger partial charge in [-0.2, -0.15) is 5.26 Å². The number of fused-ring (bicyclic) bond motifs is 1. The third-order valence-corrected chi connectivity index (χ3v) is 12.9. The Morgan fingerprint density at radius 2 is 1.46 bits per heavy atom. The number of benzene rings is 4. The van der Waals surface area contributed by atoms with Gasteiger partial charge in [0.15, 0.2) is 23.2 Å². The molecule has 0 radical (unpaired) electrons. The molecule has 6 aromatic rings. The van der Waals surface area contributed by atoms with E-state index < -0.39 is 38.7 Å². The molecule has 0 saturated carbocycles. The molecular formula is C47H52N7O8P. The topological polar surface area (TPSA) is 175 Å². The molecule has 1 aliphatic rings. The second kappa shape index (κ2) is 20.6. The highest BCUT2D eigenvalue weighted by Crippen LogP contribution is 2.51. The maximum absolute atomic E-state index is 13.2. The van der Waals surface area contributed by atoms with Gasteiger partial charge in [0.1, 0.15) is 41.7 Å². The molecule has 2 aromatic heterocycles. The van der Waals surface area contributed by atoms with E-state index in [1.807, 2.05) is 113 Å².